The molecule has 0 aliphatic rings. The van der Waals surface area contributed by atoms with Crippen molar-refractivity contribution in [1.82, 2.24) is 19.1 Å². The molecule has 0 atom stereocenters. The van der Waals surface area contributed by atoms with Gasteiger partial charge in [0.25, 0.3) is 0 Å². The van der Waals surface area contributed by atoms with Gasteiger partial charge in [0.05, 0.1) is 56.0 Å². The second-order valence-corrected chi connectivity index (χ2v) is 14.8. The monoisotopic (exact) mass is 753 g/mol. The number of aromatic nitrogens is 4. The van der Waals surface area contributed by atoms with Crippen LogP contribution in [0, 0.1) is 11.3 Å². The van der Waals surface area contributed by atoms with Gasteiger partial charge in [0.2, 0.25) is 0 Å². The molecular formula is C53H31N5O. The van der Waals surface area contributed by atoms with Crippen LogP contribution in [0.2, 0.25) is 0 Å². The molecule has 6 nitrogen and oxygen atoms in total. The fourth-order valence-electron chi connectivity index (χ4n) is 9.04. The second kappa shape index (κ2) is 12.9. The van der Waals surface area contributed by atoms with E-state index in [4.69, 9.17) is 14.4 Å². The molecule has 12 rings (SSSR count). The Morgan fingerprint density at radius 2 is 0.915 bits per heavy atom. The topological polar surface area (TPSA) is 72.6 Å². The molecule has 0 saturated heterocycles. The maximum atomic E-state index is 11.6. The van der Waals surface area contributed by atoms with Crippen LogP contribution in [0.1, 0.15) is 5.56 Å². The average molecular weight is 754 g/mol. The highest BCUT2D eigenvalue weighted by molar-refractivity contribution is 6.16. The van der Waals surface area contributed by atoms with Crippen molar-refractivity contribution in [3.63, 3.8) is 0 Å². The van der Waals surface area contributed by atoms with E-state index >= 15 is 0 Å². The number of furan rings is 1. The van der Waals surface area contributed by atoms with E-state index in [-0.39, 0.29) is 0 Å². The van der Waals surface area contributed by atoms with E-state index in [2.05, 4.69) is 143 Å². The second-order valence-electron chi connectivity index (χ2n) is 14.8. The number of hydrogen-bond donors (Lipinski definition) is 0. The van der Waals surface area contributed by atoms with Crippen molar-refractivity contribution in [1.29, 1.82) is 5.26 Å². The van der Waals surface area contributed by atoms with Gasteiger partial charge in [-0.3, -0.25) is 0 Å². The third kappa shape index (κ3) is 4.92. The maximum Gasteiger partial charge on any atom is 0.164 e. The molecule has 59 heavy (non-hydrogen) atoms. The number of para-hydroxylation sites is 5. The minimum atomic E-state index is 0.519. The summed E-state index contributed by atoms with van der Waals surface area (Å²) in [6.45, 7) is 0. The fraction of sp³-hybridized carbons (Fsp3) is 0. The van der Waals surface area contributed by atoms with Crippen LogP contribution in [0.15, 0.2) is 192 Å². The van der Waals surface area contributed by atoms with Crippen LogP contribution in [-0.2, 0) is 0 Å². The highest BCUT2D eigenvalue weighted by atomic mass is 16.3. The molecule has 0 amide bonds. The van der Waals surface area contributed by atoms with Crippen LogP contribution in [0.4, 0.5) is 0 Å². The van der Waals surface area contributed by atoms with Gasteiger partial charge in [-0.2, -0.15) is 5.26 Å². The van der Waals surface area contributed by atoms with E-state index in [1.165, 1.54) is 0 Å². The van der Waals surface area contributed by atoms with E-state index in [0.29, 0.717) is 22.6 Å². The average Bonchev–Trinajstić information content (AvgIpc) is 3.96. The molecule has 8 aromatic carbocycles. The van der Waals surface area contributed by atoms with Crippen LogP contribution in [0.25, 0.3) is 111 Å². The molecule has 0 radical (unpaired) electrons. The molecule has 274 valence electrons. The summed E-state index contributed by atoms with van der Waals surface area (Å²) in [5.41, 5.74) is 11.8. The SMILES string of the molecule is N#Cc1c(-n2c3ccccc3c3ccccc32)c(-n2c3ccccc3c3ccccc32)cc2oc3c(-c4nc(-c5ccccc5)cc(-c5ccccc5)n4)cccc3c12. The molecule has 0 N–H and O–H groups in total. The van der Waals surface area contributed by atoms with Crippen molar-refractivity contribution in [2.24, 2.45) is 0 Å². The summed E-state index contributed by atoms with van der Waals surface area (Å²) in [6, 6.07) is 67.1. The zero-order valence-electron chi connectivity index (χ0n) is 31.5. The normalized spacial score (nSPS) is 11.7. The first-order chi connectivity index (χ1) is 29.2. The fourth-order valence-corrected chi connectivity index (χ4v) is 9.04. The van der Waals surface area contributed by atoms with E-state index in [0.717, 1.165) is 93.8 Å². The smallest absolute Gasteiger partial charge is 0.164 e. The molecule has 4 heterocycles. The lowest BCUT2D eigenvalue weighted by Crippen LogP contribution is -2.06. The van der Waals surface area contributed by atoms with E-state index in [1.54, 1.807) is 0 Å². The lowest BCUT2D eigenvalue weighted by Gasteiger charge is -2.18. The first-order valence-electron chi connectivity index (χ1n) is 19.6. The molecule has 0 fully saturated rings. The highest BCUT2D eigenvalue weighted by Crippen LogP contribution is 2.45. The standard InChI is InChI=1S/C53H31N5O/c54-32-41-50-39-24-15-25-40(53-55-42(33-16-3-1-4-17-33)30-43(56-53)34-18-5-2-6-19-34)52(39)59-49(50)31-48(57-44-26-11-7-20-35(44)36-21-8-12-27-45(36)57)51(41)58-46-28-13-9-22-37(46)38-23-10-14-29-47(38)58/h1-31H. The van der Waals surface area contributed by atoms with Gasteiger partial charge in [-0.25, -0.2) is 9.97 Å². The molecule has 4 aromatic heterocycles. The number of fused-ring (bicyclic) bond motifs is 9. The molecule has 0 unspecified atom stereocenters. The molecule has 0 spiro atoms. The molecule has 0 saturated carbocycles. The van der Waals surface area contributed by atoms with Gasteiger partial charge in [-0.15, -0.1) is 0 Å². The summed E-state index contributed by atoms with van der Waals surface area (Å²) in [5.74, 6) is 0.540. The molecule has 0 bridgehead atoms. The van der Waals surface area contributed by atoms with Gasteiger partial charge in [0.1, 0.15) is 17.2 Å². The highest BCUT2D eigenvalue weighted by Gasteiger charge is 2.27. The van der Waals surface area contributed by atoms with Gasteiger partial charge < -0.3 is 13.6 Å². The third-order valence-electron chi connectivity index (χ3n) is 11.6. The van der Waals surface area contributed by atoms with Crippen LogP contribution in [0.3, 0.4) is 0 Å². The number of benzene rings is 8. The predicted octanol–water partition coefficient (Wildman–Crippen LogP) is 13.4. The number of rotatable bonds is 5. The van der Waals surface area contributed by atoms with Gasteiger partial charge in [-0.05, 0) is 36.4 Å². The maximum absolute atomic E-state index is 11.6. The minimum absolute atomic E-state index is 0.519. The zero-order valence-corrected chi connectivity index (χ0v) is 31.5. The summed E-state index contributed by atoms with van der Waals surface area (Å²) in [4.78, 5) is 10.3. The summed E-state index contributed by atoms with van der Waals surface area (Å²) in [6.07, 6.45) is 0. The lowest BCUT2D eigenvalue weighted by atomic mass is 10.0. The van der Waals surface area contributed by atoms with Crippen molar-refractivity contribution < 1.29 is 4.42 Å². The Bertz CT molecular complexity index is 3520. The number of hydrogen-bond acceptors (Lipinski definition) is 4. The van der Waals surface area contributed by atoms with Crippen LogP contribution in [0.5, 0.6) is 0 Å². The quantitative estimate of drug-likeness (QED) is 0.175. The molecule has 0 aliphatic heterocycles. The van der Waals surface area contributed by atoms with Crippen molar-refractivity contribution in [3.05, 3.63) is 194 Å². The zero-order chi connectivity index (χ0) is 39.0. The Labute approximate surface area is 338 Å². The lowest BCUT2D eigenvalue weighted by molar-refractivity contribution is 0.669. The van der Waals surface area contributed by atoms with Gasteiger partial charge in [0.15, 0.2) is 5.82 Å². The van der Waals surface area contributed by atoms with Gasteiger partial charge in [0, 0.05) is 49.5 Å². The summed E-state index contributed by atoms with van der Waals surface area (Å²) in [7, 11) is 0. The van der Waals surface area contributed by atoms with Crippen LogP contribution < -0.4 is 0 Å². The Balaban J connectivity index is 1.22. The summed E-state index contributed by atoms with van der Waals surface area (Å²) < 4.78 is 11.6. The van der Waals surface area contributed by atoms with E-state index in [9.17, 15) is 5.26 Å². The van der Waals surface area contributed by atoms with Crippen molar-refractivity contribution in [2.45, 2.75) is 0 Å². The van der Waals surface area contributed by atoms with E-state index < -0.39 is 0 Å². The molecule has 6 heteroatoms. The summed E-state index contributed by atoms with van der Waals surface area (Å²) >= 11 is 0. The minimum Gasteiger partial charge on any atom is -0.455 e. The predicted molar refractivity (Wildman–Crippen MR) is 239 cm³/mol. The molecule has 12 aromatic rings. The van der Waals surface area contributed by atoms with Crippen LogP contribution in [-0.4, -0.2) is 19.1 Å². The van der Waals surface area contributed by atoms with Crippen molar-refractivity contribution in [2.75, 3.05) is 0 Å². The Morgan fingerprint density at radius 1 is 0.458 bits per heavy atom. The van der Waals surface area contributed by atoms with Crippen molar-refractivity contribution >= 4 is 65.6 Å². The number of nitrogens with zero attached hydrogens (tertiary/aromatic N) is 5. The van der Waals surface area contributed by atoms with E-state index in [1.807, 2.05) is 60.7 Å². The summed E-state index contributed by atoms with van der Waals surface area (Å²) in [5, 5.41) is 17.6. The largest absolute Gasteiger partial charge is 0.455 e. The molecule has 0 aliphatic carbocycles. The Morgan fingerprint density at radius 3 is 1.42 bits per heavy atom. The van der Waals surface area contributed by atoms with Gasteiger partial charge >= 0.3 is 0 Å². The van der Waals surface area contributed by atoms with Crippen LogP contribution >= 0.6 is 0 Å². The first kappa shape index (κ1) is 32.9. The Hall–Kier alpha value is -8.27. The third-order valence-corrected chi connectivity index (χ3v) is 11.6. The van der Waals surface area contributed by atoms with Gasteiger partial charge in [-0.1, -0.05) is 146 Å². The molecular weight excluding hydrogens is 723 g/mol. The van der Waals surface area contributed by atoms with Crippen molar-refractivity contribution in [3.8, 4) is 51.3 Å². The number of nitriles is 1. The Kier molecular flexibility index (Phi) is 7.19. The first-order valence-corrected chi connectivity index (χ1v) is 19.6.